The number of hydrogen-bond donors (Lipinski definition) is 1. The molecule has 2 amide bonds. The fourth-order valence-electron chi connectivity index (χ4n) is 2.48. The number of nitrogens with one attached hydrogen (secondary N) is 1. The van der Waals surface area contributed by atoms with Crippen molar-refractivity contribution in [2.45, 2.75) is 33.2 Å². The molecule has 1 aliphatic heterocycles. The summed E-state index contributed by atoms with van der Waals surface area (Å²) in [6.45, 7) is 6.47. The quantitative estimate of drug-likeness (QED) is 0.868. The van der Waals surface area contributed by atoms with Crippen molar-refractivity contribution in [2.75, 3.05) is 13.1 Å². The van der Waals surface area contributed by atoms with Gasteiger partial charge in [-0.05, 0) is 25.7 Å². The third-order valence-electron chi connectivity index (χ3n) is 3.49. The minimum Gasteiger partial charge on any atom is -0.334 e. The maximum atomic E-state index is 12.0. The molecule has 1 unspecified atom stereocenters. The Labute approximate surface area is 108 Å². The maximum absolute atomic E-state index is 12.0. The minimum atomic E-state index is 0.0461. The monoisotopic (exact) mass is 250 g/mol. The van der Waals surface area contributed by atoms with E-state index in [-0.39, 0.29) is 6.03 Å². The molecule has 5 nitrogen and oxygen atoms in total. The van der Waals surface area contributed by atoms with Crippen molar-refractivity contribution in [2.24, 2.45) is 13.0 Å². The molecule has 1 aromatic rings. The first kappa shape index (κ1) is 12.9. The zero-order chi connectivity index (χ0) is 13.1. The molecule has 0 radical (unpaired) electrons. The number of carbonyl (C=O) groups is 1. The first-order chi connectivity index (χ1) is 8.56. The molecule has 0 aromatic carbocycles. The lowest BCUT2D eigenvalue weighted by Gasteiger charge is -2.30. The summed E-state index contributed by atoms with van der Waals surface area (Å²) in [6, 6.07) is 0.0461. The van der Waals surface area contributed by atoms with Crippen LogP contribution in [0.3, 0.4) is 0 Å². The van der Waals surface area contributed by atoms with E-state index in [2.05, 4.69) is 17.3 Å². The lowest BCUT2D eigenvalue weighted by molar-refractivity contribution is 0.169. The number of amides is 2. The first-order valence-corrected chi connectivity index (χ1v) is 6.58. The summed E-state index contributed by atoms with van der Waals surface area (Å²) in [4.78, 5) is 13.9. The number of urea groups is 1. The summed E-state index contributed by atoms with van der Waals surface area (Å²) in [5.74, 6) is 0.615. The molecule has 1 aromatic heterocycles. The largest absolute Gasteiger partial charge is 0.334 e. The molecule has 100 valence electrons. The van der Waals surface area contributed by atoms with E-state index >= 15 is 0 Å². The molecule has 0 aliphatic carbocycles. The Hall–Kier alpha value is -1.52. The highest BCUT2D eigenvalue weighted by Crippen LogP contribution is 2.15. The fraction of sp³-hybridized carbons (Fsp3) is 0.692. The molecular weight excluding hydrogens is 228 g/mol. The van der Waals surface area contributed by atoms with Crippen LogP contribution in [0.15, 0.2) is 6.20 Å². The molecule has 1 N–H and O–H groups in total. The number of aromatic nitrogens is 2. The summed E-state index contributed by atoms with van der Waals surface area (Å²) in [6.07, 6.45) is 4.29. The lowest BCUT2D eigenvalue weighted by Crippen LogP contribution is -2.44. The van der Waals surface area contributed by atoms with E-state index in [1.807, 2.05) is 25.1 Å². The fourth-order valence-corrected chi connectivity index (χ4v) is 2.48. The van der Waals surface area contributed by atoms with Crippen LogP contribution in [0.5, 0.6) is 0 Å². The smallest absolute Gasteiger partial charge is 0.317 e. The van der Waals surface area contributed by atoms with Gasteiger partial charge in [0.1, 0.15) is 0 Å². The van der Waals surface area contributed by atoms with Crippen LogP contribution in [0, 0.1) is 12.8 Å². The van der Waals surface area contributed by atoms with E-state index in [0.717, 1.165) is 30.8 Å². The normalized spacial score (nSPS) is 19.9. The molecule has 0 saturated carbocycles. The molecule has 1 atom stereocenters. The highest BCUT2D eigenvalue weighted by Gasteiger charge is 2.20. The number of likely N-dealkylation sites (tertiary alicyclic amines) is 1. The number of carbonyl (C=O) groups excluding carboxylic acids is 1. The molecule has 5 heteroatoms. The van der Waals surface area contributed by atoms with Gasteiger partial charge in [0.05, 0.1) is 5.69 Å². The van der Waals surface area contributed by atoms with Gasteiger partial charge in [0.15, 0.2) is 0 Å². The maximum Gasteiger partial charge on any atom is 0.317 e. The van der Waals surface area contributed by atoms with Crippen LogP contribution < -0.4 is 5.32 Å². The van der Waals surface area contributed by atoms with Crippen LogP contribution in [0.1, 0.15) is 31.0 Å². The highest BCUT2D eigenvalue weighted by molar-refractivity contribution is 5.74. The van der Waals surface area contributed by atoms with Gasteiger partial charge >= 0.3 is 6.03 Å². The van der Waals surface area contributed by atoms with E-state index < -0.39 is 0 Å². The van der Waals surface area contributed by atoms with E-state index in [1.54, 1.807) is 4.68 Å². The third kappa shape index (κ3) is 3.03. The zero-order valence-electron chi connectivity index (χ0n) is 11.4. The van der Waals surface area contributed by atoms with Crippen molar-refractivity contribution >= 4 is 6.03 Å². The Morgan fingerprint density at radius 1 is 1.61 bits per heavy atom. The average molecular weight is 250 g/mol. The molecule has 2 rings (SSSR count). The summed E-state index contributed by atoms with van der Waals surface area (Å²) < 4.78 is 1.78. The van der Waals surface area contributed by atoms with Gasteiger partial charge in [-0.1, -0.05) is 6.92 Å². The van der Waals surface area contributed by atoms with Gasteiger partial charge in [-0.15, -0.1) is 0 Å². The van der Waals surface area contributed by atoms with Crippen LogP contribution in [0.2, 0.25) is 0 Å². The van der Waals surface area contributed by atoms with Crippen molar-refractivity contribution in [3.05, 3.63) is 17.5 Å². The number of hydrogen-bond acceptors (Lipinski definition) is 2. The Bertz CT molecular complexity index is 427. The average Bonchev–Trinajstić information content (AvgIpc) is 2.65. The topological polar surface area (TPSA) is 50.2 Å². The van der Waals surface area contributed by atoms with Gasteiger partial charge in [0, 0.05) is 38.4 Å². The van der Waals surface area contributed by atoms with Crippen LogP contribution in [0.25, 0.3) is 0 Å². The SMILES string of the molecule is Cc1nn(C)cc1CNC(=O)N1CCCC(C)C1. The van der Waals surface area contributed by atoms with Crippen molar-refractivity contribution in [3.8, 4) is 0 Å². The lowest BCUT2D eigenvalue weighted by atomic mass is 10.0. The number of aryl methyl sites for hydroxylation is 2. The molecule has 0 spiro atoms. The molecule has 1 aliphatic rings. The van der Waals surface area contributed by atoms with Gasteiger partial charge in [-0.25, -0.2) is 4.79 Å². The summed E-state index contributed by atoms with van der Waals surface area (Å²) in [5, 5.41) is 7.24. The molecule has 2 heterocycles. The van der Waals surface area contributed by atoms with Gasteiger partial charge in [-0.3, -0.25) is 4.68 Å². The van der Waals surface area contributed by atoms with Gasteiger partial charge < -0.3 is 10.2 Å². The molecule has 1 saturated heterocycles. The highest BCUT2D eigenvalue weighted by atomic mass is 16.2. The molecule has 1 fully saturated rings. The van der Waals surface area contributed by atoms with E-state index in [1.165, 1.54) is 6.42 Å². The van der Waals surface area contributed by atoms with Crippen LogP contribution in [0.4, 0.5) is 4.79 Å². The second-order valence-corrected chi connectivity index (χ2v) is 5.27. The number of piperidine rings is 1. The van der Waals surface area contributed by atoms with Crippen molar-refractivity contribution in [1.29, 1.82) is 0 Å². The Morgan fingerprint density at radius 3 is 3.00 bits per heavy atom. The number of rotatable bonds is 2. The van der Waals surface area contributed by atoms with Crippen LogP contribution in [-0.2, 0) is 13.6 Å². The van der Waals surface area contributed by atoms with E-state index in [0.29, 0.717) is 12.5 Å². The van der Waals surface area contributed by atoms with Crippen LogP contribution >= 0.6 is 0 Å². The van der Waals surface area contributed by atoms with Gasteiger partial charge in [0.2, 0.25) is 0 Å². The summed E-state index contributed by atoms with van der Waals surface area (Å²) in [5.41, 5.74) is 2.06. The second-order valence-electron chi connectivity index (χ2n) is 5.27. The van der Waals surface area contributed by atoms with Crippen molar-refractivity contribution in [3.63, 3.8) is 0 Å². The molecular formula is C13H22N4O. The minimum absolute atomic E-state index is 0.0461. The third-order valence-corrected chi connectivity index (χ3v) is 3.49. The van der Waals surface area contributed by atoms with Crippen molar-refractivity contribution in [1.82, 2.24) is 20.0 Å². The van der Waals surface area contributed by atoms with E-state index in [9.17, 15) is 4.79 Å². The zero-order valence-corrected chi connectivity index (χ0v) is 11.4. The van der Waals surface area contributed by atoms with Crippen molar-refractivity contribution < 1.29 is 4.79 Å². The standard InChI is InChI=1S/C13H22N4O/c1-10-5-4-6-17(8-10)13(18)14-7-12-9-16(3)15-11(12)2/h9-10H,4-8H2,1-3H3,(H,14,18). The second kappa shape index (κ2) is 5.42. The predicted molar refractivity (Wildman–Crippen MR) is 70.2 cm³/mol. The van der Waals surface area contributed by atoms with E-state index in [4.69, 9.17) is 0 Å². The Kier molecular flexibility index (Phi) is 3.89. The Balaban J connectivity index is 1.86. The summed E-state index contributed by atoms with van der Waals surface area (Å²) in [7, 11) is 1.89. The predicted octanol–water partition coefficient (Wildman–Crippen LogP) is 1.67. The Morgan fingerprint density at radius 2 is 2.39 bits per heavy atom. The van der Waals surface area contributed by atoms with Crippen LogP contribution in [-0.4, -0.2) is 33.8 Å². The summed E-state index contributed by atoms with van der Waals surface area (Å²) >= 11 is 0. The molecule has 18 heavy (non-hydrogen) atoms. The van der Waals surface area contributed by atoms with Gasteiger partial charge in [0.25, 0.3) is 0 Å². The first-order valence-electron chi connectivity index (χ1n) is 6.58. The number of nitrogens with zero attached hydrogens (tertiary/aromatic N) is 3. The molecule has 0 bridgehead atoms. The van der Waals surface area contributed by atoms with Gasteiger partial charge in [-0.2, -0.15) is 5.10 Å².